The number of aliphatic hydroxyl groups excluding tert-OH is 5. The largest absolute Gasteiger partial charge is 0.480 e. The number of carboxylic acids is 1. The van der Waals surface area contributed by atoms with E-state index in [1.165, 1.54) is 4.90 Å². The Labute approximate surface area is 110 Å². The molecule has 0 saturated carbocycles. The van der Waals surface area contributed by atoms with E-state index in [-0.39, 0.29) is 6.54 Å². The molecule has 8 heteroatoms. The molecule has 19 heavy (non-hydrogen) atoms. The van der Waals surface area contributed by atoms with Crippen molar-refractivity contribution in [3.63, 3.8) is 0 Å². The fourth-order valence-corrected chi connectivity index (χ4v) is 2.24. The Kier molecular flexibility index (Phi) is 6.11. The van der Waals surface area contributed by atoms with Gasteiger partial charge in [-0.05, 0) is 19.4 Å². The minimum absolute atomic E-state index is 0.118. The van der Waals surface area contributed by atoms with Crippen molar-refractivity contribution >= 4 is 5.97 Å². The van der Waals surface area contributed by atoms with Crippen molar-refractivity contribution in [1.29, 1.82) is 0 Å². The van der Waals surface area contributed by atoms with Crippen LogP contribution in [0.25, 0.3) is 0 Å². The lowest BCUT2D eigenvalue weighted by molar-refractivity contribution is -0.144. The van der Waals surface area contributed by atoms with Crippen LogP contribution in [0.15, 0.2) is 0 Å². The summed E-state index contributed by atoms with van der Waals surface area (Å²) in [5, 5.41) is 55.6. The maximum absolute atomic E-state index is 10.9. The number of aliphatic carboxylic acids is 1. The highest BCUT2D eigenvalue weighted by molar-refractivity contribution is 5.73. The Morgan fingerprint density at radius 1 is 1.16 bits per heavy atom. The fourth-order valence-electron chi connectivity index (χ4n) is 2.24. The number of β-amino-alcohol motifs (C(OH)–C–C–N with tert-alkyl or cyclic N) is 1. The average molecular weight is 279 g/mol. The summed E-state index contributed by atoms with van der Waals surface area (Å²) in [5.74, 6) is -0.991. The first kappa shape index (κ1) is 16.3. The molecule has 0 radical (unpaired) electrons. The Hall–Kier alpha value is -0.770. The van der Waals surface area contributed by atoms with Gasteiger partial charge in [0.05, 0.1) is 12.7 Å². The zero-order valence-electron chi connectivity index (χ0n) is 10.5. The molecule has 0 aromatic rings. The second-order valence-corrected chi connectivity index (χ2v) is 4.79. The van der Waals surface area contributed by atoms with Crippen LogP contribution in [-0.4, -0.2) is 91.7 Å². The topological polar surface area (TPSA) is 142 Å². The highest BCUT2D eigenvalue weighted by atomic mass is 16.4. The molecule has 8 nitrogen and oxygen atoms in total. The van der Waals surface area contributed by atoms with Crippen molar-refractivity contribution in [2.24, 2.45) is 0 Å². The van der Waals surface area contributed by atoms with Gasteiger partial charge in [-0.15, -0.1) is 0 Å². The highest BCUT2D eigenvalue weighted by Gasteiger charge is 2.36. The molecular weight excluding hydrogens is 258 g/mol. The lowest BCUT2D eigenvalue weighted by Gasteiger charge is -2.30. The Morgan fingerprint density at radius 3 is 2.26 bits per heavy atom. The van der Waals surface area contributed by atoms with E-state index >= 15 is 0 Å². The molecule has 5 atom stereocenters. The third-order valence-corrected chi connectivity index (χ3v) is 3.40. The van der Waals surface area contributed by atoms with Crippen LogP contribution in [0.2, 0.25) is 0 Å². The highest BCUT2D eigenvalue weighted by Crippen LogP contribution is 2.18. The molecule has 0 aromatic carbocycles. The second-order valence-electron chi connectivity index (χ2n) is 4.79. The van der Waals surface area contributed by atoms with Crippen LogP contribution in [0.3, 0.4) is 0 Å². The predicted octanol–water partition coefficient (Wildman–Crippen LogP) is -3.03. The van der Waals surface area contributed by atoms with Gasteiger partial charge in [0, 0.05) is 6.54 Å². The van der Waals surface area contributed by atoms with Gasteiger partial charge in [0.1, 0.15) is 24.4 Å². The van der Waals surface area contributed by atoms with E-state index in [1.807, 2.05) is 0 Å². The number of hydrogen-bond donors (Lipinski definition) is 6. The van der Waals surface area contributed by atoms with Crippen LogP contribution in [0.1, 0.15) is 12.8 Å². The molecule has 1 aliphatic rings. The normalized spacial score (nSPS) is 26.9. The molecule has 6 N–H and O–H groups in total. The third-order valence-electron chi connectivity index (χ3n) is 3.40. The molecular formula is C11H21NO7. The van der Waals surface area contributed by atoms with E-state index in [4.69, 9.17) is 15.3 Å². The molecule has 0 aromatic heterocycles. The number of aliphatic hydroxyl groups is 5. The van der Waals surface area contributed by atoms with Gasteiger partial charge in [-0.3, -0.25) is 9.69 Å². The standard InChI is InChI=1S/C11H21NO7/c13-5-8(15)10(17)9(16)7(14)4-12-3-1-2-6(12)11(18)19/h6-10,13-17H,1-5H2,(H,18,19)/t6-,7?,8?,9?,10?/m0/s1. The minimum Gasteiger partial charge on any atom is -0.480 e. The number of rotatable bonds is 7. The summed E-state index contributed by atoms with van der Waals surface area (Å²) >= 11 is 0. The first-order valence-electron chi connectivity index (χ1n) is 6.18. The number of carboxylic acid groups (broad SMARTS) is 1. The summed E-state index contributed by atoms with van der Waals surface area (Å²) in [5.41, 5.74) is 0. The van der Waals surface area contributed by atoms with Crippen molar-refractivity contribution in [3.8, 4) is 0 Å². The smallest absolute Gasteiger partial charge is 0.320 e. The zero-order valence-corrected chi connectivity index (χ0v) is 10.5. The SMILES string of the molecule is O=C(O)[C@@H]1CCCN1CC(O)C(O)C(O)C(O)CO. The van der Waals surface area contributed by atoms with Gasteiger partial charge >= 0.3 is 5.97 Å². The molecule has 0 bridgehead atoms. The van der Waals surface area contributed by atoms with E-state index < -0.39 is 43.0 Å². The van der Waals surface area contributed by atoms with Crippen molar-refractivity contribution < 1.29 is 35.4 Å². The predicted molar refractivity (Wildman–Crippen MR) is 63.3 cm³/mol. The van der Waals surface area contributed by atoms with Gasteiger partial charge in [-0.25, -0.2) is 0 Å². The Balaban J connectivity index is 2.54. The van der Waals surface area contributed by atoms with E-state index in [2.05, 4.69) is 0 Å². The lowest BCUT2D eigenvalue weighted by Crippen LogP contribution is -2.51. The second kappa shape index (κ2) is 7.13. The van der Waals surface area contributed by atoms with E-state index in [0.717, 1.165) is 0 Å². The molecule has 0 spiro atoms. The van der Waals surface area contributed by atoms with E-state index in [9.17, 15) is 20.1 Å². The first-order chi connectivity index (χ1) is 8.88. The van der Waals surface area contributed by atoms with Crippen LogP contribution in [0.5, 0.6) is 0 Å². The summed E-state index contributed by atoms with van der Waals surface area (Å²) in [6.45, 7) is -0.376. The molecule has 1 heterocycles. The summed E-state index contributed by atoms with van der Waals surface area (Å²) in [6.07, 6.45) is -5.15. The number of likely N-dealkylation sites (tertiary alicyclic amines) is 1. The molecule has 0 aliphatic carbocycles. The van der Waals surface area contributed by atoms with Crippen molar-refractivity contribution in [2.75, 3.05) is 19.7 Å². The van der Waals surface area contributed by atoms with Crippen LogP contribution in [-0.2, 0) is 4.79 Å². The third kappa shape index (κ3) is 4.10. The quantitative estimate of drug-likeness (QED) is 0.289. The summed E-state index contributed by atoms with van der Waals surface area (Å²) in [7, 11) is 0. The van der Waals surface area contributed by atoms with Crippen LogP contribution in [0.4, 0.5) is 0 Å². The van der Waals surface area contributed by atoms with Gasteiger partial charge in [0.25, 0.3) is 0 Å². The maximum atomic E-state index is 10.9. The zero-order chi connectivity index (χ0) is 14.6. The van der Waals surface area contributed by atoms with Crippen LogP contribution < -0.4 is 0 Å². The number of carbonyl (C=O) groups is 1. The van der Waals surface area contributed by atoms with Crippen LogP contribution >= 0.6 is 0 Å². The van der Waals surface area contributed by atoms with Crippen molar-refractivity contribution in [2.45, 2.75) is 43.3 Å². The van der Waals surface area contributed by atoms with Crippen LogP contribution in [0, 0.1) is 0 Å². The minimum atomic E-state index is -1.69. The maximum Gasteiger partial charge on any atom is 0.320 e. The molecule has 4 unspecified atom stereocenters. The van der Waals surface area contributed by atoms with Crippen molar-refractivity contribution in [1.82, 2.24) is 4.90 Å². The summed E-state index contributed by atoms with van der Waals surface area (Å²) in [6, 6.07) is -0.707. The molecule has 1 aliphatic heterocycles. The summed E-state index contributed by atoms with van der Waals surface area (Å²) < 4.78 is 0. The van der Waals surface area contributed by atoms with Gasteiger partial charge < -0.3 is 30.6 Å². The van der Waals surface area contributed by atoms with E-state index in [0.29, 0.717) is 19.4 Å². The molecule has 1 rings (SSSR count). The first-order valence-corrected chi connectivity index (χ1v) is 6.18. The lowest BCUT2D eigenvalue weighted by atomic mass is 10.0. The number of nitrogens with zero attached hydrogens (tertiary/aromatic N) is 1. The molecule has 0 amide bonds. The Bertz CT molecular complexity index is 301. The monoisotopic (exact) mass is 279 g/mol. The van der Waals surface area contributed by atoms with Gasteiger partial charge in [-0.1, -0.05) is 0 Å². The summed E-state index contributed by atoms with van der Waals surface area (Å²) in [4.78, 5) is 12.5. The molecule has 112 valence electrons. The number of hydrogen-bond acceptors (Lipinski definition) is 7. The van der Waals surface area contributed by atoms with Gasteiger partial charge in [0.2, 0.25) is 0 Å². The fraction of sp³-hybridized carbons (Fsp3) is 0.909. The van der Waals surface area contributed by atoms with Gasteiger partial charge in [-0.2, -0.15) is 0 Å². The van der Waals surface area contributed by atoms with Gasteiger partial charge in [0.15, 0.2) is 0 Å². The molecule has 1 saturated heterocycles. The Morgan fingerprint density at radius 2 is 1.74 bits per heavy atom. The average Bonchev–Trinajstić information content (AvgIpc) is 2.84. The van der Waals surface area contributed by atoms with Crippen molar-refractivity contribution in [3.05, 3.63) is 0 Å². The van der Waals surface area contributed by atoms with E-state index in [1.54, 1.807) is 0 Å². The molecule has 1 fully saturated rings.